The van der Waals surface area contributed by atoms with Gasteiger partial charge in [-0.2, -0.15) is 22.6 Å². The fourth-order valence-corrected chi connectivity index (χ4v) is 6.06. The topological polar surface area (TPSA) is 61.7 Å². The van der Waals surface area contributed by atoms with Crippen molar-refractivity contribution >= 4 is 15.8 Å². The normalized spacial score (nSPS) is 15.5. The Labute approximate surface area is 216 Å². The van der Waals surface area contributed by atoms with E-state index in [0.29, 0.717) is 18.2 Å². The van der Waals surface area contributed by atoms with Gasteiger partial charge in [0, 0.05) is 44.8 Å². The fourth-order valence-electron chi connectivity index (χ4n) is 4.52. The Morgan fingerprint density at radius 1 is 1.00 bits per heavy atom. The number of hydrogen-bond donors (Lipinski definition) is 0. The molecular weight excluding hydrogens is 503 g/mol. The number of piperazine rings is 1. The van der Waals surface area contributed by atoms with Crippen LogP contribution in [-0.2, 0) is 22.7 Å². The highest BCUT2D eigenvalue weighted by atomic mass is 32.2. The van der Waals surface area contributed by atoms with Crippen molar-refractivity contribution in [3.63, 3.8) is 0 Å². The number of rotatable bonds is 8. The lowest BCUT2D eigenvalue weighted by Gasteiger charge is -2.35. The number of alkyl halides is 3. The van der Waals surface area contributed by atoms with Crippen molar-refractivity contribution in [2.45, 2.75) is 37.9 Å². The van der Waals surface area contributed by atoms with Gasteiger partial charge in [-0.05, 0) is 50.7 Å². The Morgan fingerprint density at radius 2 is 1.68 bits per heavy atom. The van der Waals surface area contributed by atoms with E-state index in [1.807, 2.05) is 48.9 Å². The maximum absolute atomic E-state index is 13.6. The highest BCUT2D eigenvalue weighted by Crippen LogP contribution is 2.33. The average Bonchev–Trinajstić information content (AvgIpc) is 3.20. The predicted molar refractivity (Wildman–Crippen MR) is 137 cm³/mol. The highest BCUT2D eigenvalue weighted by Gasteiger charge is 2.34. The molecule has 0 amide bonds. The maximum atomic E-state index is 13.6. The van der Waals surface area contributed by atoms with E-state index in [0.717, 1.165) is 55.4 Å². The van der Waals surface area contributed by atoms with Crippen LogP contribution in [0.4, 0.5) is 19.0 Å². The third-order valence-electron chi connectivity index (χ3n) is 6.57. The van der Waals surface area contributed by atoms with Gasteiger partial charge in [-0.1, -0.05) is 31.2 Å². The van der Waals surface area contributed by atoms with Gasteiger partial charge >= 0.3 is 6.18 Å². The molecule has 0 aliphatic carbocycles. The van der Waals surface area contributed by atoms with Crippen LogP contribution in [0.3, 0.4) is 0 Å². The van der Waals surface area contributed by atoms with Crippen molar-refractivity contribution in [3.8, 4) is 5.69 Å². The number of sulfonamides is 1. The lowest BCUT2D eigenvalue weighted by molar-refractivity contribution is -0.137. The largest absolute Gasteiger partial charge is 0.416 e. The molecule has 7 nitrogen and oxygen atoms in total. The van der Waals surface area contributed by atoms with Crippen LogP contribution in [0.5, 0.6) is 0 Å². The van der Waals surface area contributed by atoms with E-state index in [1.165, 1.54) is 10.4 Å². The van der Waals surface area contributed by atoms with E-state index < -0.39 is 21.8 Å². The van der Waals surface area contributed by atoms with Gasteiger partial charge in [-0.15, -0.1) is 0 Å². The third-order valence-corrected chi connectivity index (χ3v) is 8.41. The predicted octanol–water partition coefficient (Wildman–Crippen LogP) is 4.55. The standard InChI is InChI=1S/C26H32F3N5O2S/c1-4-13-33(37(35,36)23-12-8-9-21(18-23)26(27,28)29)19-24-20(2)30-34(22-10-6-5-7-11-22)25(24)32-16-14-31(3)15-17-32/h5-12,18H,4,13-17,19H2,1-3H3. The van der Waals surface area contributed by atoms with Crippen LogP contribution in [0, 0.1) is 6.92 Å². The molecule has 11 heteroatoms. The van der Waals surface area contributed by atoms with Crippen LogP contribution < -0.4 is 4.90 Å². The quantitative estimate of drug-likeness (QED) is 0.424. The number of aromatic nitrogens is 2. The Morgan fingerprint density at radius 3 is 2.30 bits per heavy atom. The van der Waals surface area contributed by atoms with Crippen LogP contribution >= 0.6 is 0 Å². The Bertz CT molecular complexity index is 1320. The lowest BCUT2D eigenvalue weighted by Crippen LogP contribution is -2.45. The first-order valence-electron chi connectivity index (χ1n) is 12.3. The fraction of sp³-hybridized carbons (Fsp3) is 0.423. The van der Waals surface area contributed by atoms with Gasteiger partial charge < -0.3 is 9.80 Å². The van der Waals surface area contributed by atoms with Gasteiger partial charge in [0.25, 0.3) is 0 Å². The van der Waals surface area contributed by atoms with Crippen LogP contribution in [0.15, 0.2) is 59.5 Å². The molecule has 0 radical (unpaired) electrons. The van der Waals surface area contributed by atoms with Crippen molar-refractivity contribution in [1.29, 1.82) is 0 Å². The third kappa shape index (κ3) is 5.83. The summed E-state index contributed by atoms with van der Waals surface area (Å²) in [4.78, 5) is 4.07. The van der Waals surface area contributed by atoms with Crippen molar-refractivity contribution in [2.75, 3.05) is 44.7 Å². The second-order valence-electron chi connectivity index (χ2n) is 9.29. The number of anilines is 1. The number of para-hydroxylation sites is 1. The highest BCUT2D eigenvalue weighted by molar-refractivity contribution is 7.89. The number of halogens is 3. The molecule has 1 saturated heterocycles. The molecule has 2 aromatic carbocycles. The molecule has 1 aliphatic heterocycles. The SMILES string of the molecule is CCCN(Cc1c(C)nn(-c2ccccc2)c1N1CCN(C)CC1)S(=O)(=O)c1cccc(C(F)(F)F)c1. The summed E-state index contributed by atoms with van der Waals surface area (Å²) < 4.78 is 70.4. The van der Waals surface area contributed by atoms with E-state index in [4.69, 9.17) is 5.10 Å². The van der Waals surface area contributed by atoms with E-state index in [-0.39, 0.29) is 18.0 Å². The molecule has 0 bridgehead atoms. The molecule has 1 aliphatic rings. The van der Waals surface area contributed by atoms with Crippen LogP contribution in [0.25, 0.3) is 5.69 Å². The van der Waals surface area contributed by atoms with E-state index in [2.05, 4.69) is 16.8 Å². The minimum absolute atomic E-state index is 0.00670. The smallest absolute Gasteiger partial charge is 0.354 e. The van der Waals surface area contributed by atoms with Crippen molar-refractivity contribution in [3.05, 3.63) is 71.4 Å². The summed E-state index contributed by atoms with van der Waals surface area (Å²) >= 11 is 0. The molecule has 37 heavy (non-hydrogen) atoms. The van der Waals surface area contributed by atoms with Gasteiger partial charge in [-0.25, -0.2) is 13.1 Å². The summed E-state index contributed by atoms with van der Waals surface area (Å²) in [5.74, 6) is 0.817. The average molecular weight is 536 g/mol. The van der Waals surface area contributed by atoms with Crippen molar-refractivity contribution in [2.24, 2.45) is 0 Å². The van der Waals surface area contributed by atoms with E-state index in [1.54, 1.807) is 0 Å². The molecule has 0 unspecified atom stereocenters. The summed E-state index contributed by atoms with van der Waals surface area (Å²) in [6.07, 6.45) is -4.13. The van der Waals surface area contributed by atoms with Crippen molar-refractivity contribution < 1.29 is 21.6 Å². The molecule has 0 atom stereocenters. The van der Waals surface area contributed by atoms with Crippen LogP contribution in [0.1, 0.15) is 30.2 Å². The van der Waals surface area contributed by atoms with Crippen LogP contribution in [0.2, 0.25) is 0 Å². The first kappa shape index (κ1) is 27.2. The van der Waals surface area contributed by atoms with Gasteiger partial charge in [0.1, 0.15) is 5.82 Å². The van der Waals surface area contributed by atoms with Gasteiger partial charge in [0.05, 0.1) is 21.8 Å². The first-order chi connectivity index (χ1) is 17.5. The zero-order valence-electron chi connectivity index (χ0n) is 21.2. The summed E-state index contributed by atoms with van der Waals surface area (Å²) in [5.41, 5.74) is 1.29. The van der Waals surface area contributed by atoms with E-state index in [9.17, 15) is 21.6 Å². The molecular formula is C26H32F3N5O2S. The zero-order chi connectivity index (χ0) is 26.8. The molecule has 4 rings (SSSR count). The Balaban J connectivity index is 1.78. The first-order valence-corrected chi connectivity index (χ1v) is 13.7. The van der Waals surface area contributed by atoms with Crippen LogP contribution in [-0.4, -0.2) is 67.2 Å². The summed E-state index contributed by atoms with van der Waals surface area (Å²) in [6.45, 7) is 7.04. The molecule has 3 aromatic rings. The number of likely N-dealkylation sites (N-methyl/N-ethyl adjacent to an activating group) is 1. The number of aryl methyl sites for hydroxylation is 1. The Hall–Kier alpha value is -2.89. The monoisotopic (exact) mass is 535 g/mol. The molecule has 200 valence electrons. The molecule has 1 fully saturated rings. The number of nitrogens with zero attached hydrogens (tertiary/aromatic N) is 5. The van der Waals surface area contributed by atoms with Crippen molar-refractivity contribution in [1.82, 2.24) is 19.0 Å². The Kier molecular flexibility index (Phi) is 7.96. The molecule has 2 heterocycles. The minimum atomic E-state index is -4.64. The summed E-state index contributed by atoms with van der Waals surface area (Å²) in [5, 5.41) is 4.78. The second-order valence-corrected chi connectivity index (χ2v) is 11.2. The summed E-state index contributed by atoms with van der Waals surface area (Å²) in [6, 6.07) is 13.6. The molecule has 1 aromatic heterocycles. The van der Waals surface area contributed by atoms with Gasteiger partial charge in [0.2, 0.25) is 10.0 Å². The van der Waals surface area contributed by atoms with Gasteiger partial charge in [-0.3, -0.25) is 0 Å². The number of hydrogen-bond acceptors (Lipinski definition) is 5. The summed E-state index contributed by atoms with van der Waals surface area (Å²) in [7, 11) is -2.14. The lowest BCUT2D eigenvalue weighted by atomic mass is 10.2. The van der Waals surface area contributed by atoms with Gasteiger partial charge in [0.15, 0.2) is 0 Å². The minimum Gasteiger partial charge on any atom is -0.354 e. The maximum Gasteiger partial charge on any atom is 0.416 e. The second kappa shape index (κ2) is 10.8. The van der Waals surface area contributed by atoms with E-state index >= 15 is 0 Å². The molecule has 0 N–H and O–H groups in total. The number of benzene rings is 2. The zero-order valence-corrected chi connectivity index (χ0v) is 22.1. The molecule has 0 spiro atoms. The molecule has 0 saturated carbocycles.